The van der Waals surface area contributed by atoms with Crippen molar-refractivity contribution in [3.05, 3.63) is 29.3 Å². The molecule has 0 saturated carbocycles. The fourth-order valence-electron chi connectivity index (χ4n) is 1.64. The molecule has 9 heteroatoms. The van der Waals surface area contributed by atoms with Gasteiger partial charge in [0.1, 0.15) is 0 Å². The Bertz CT molecular complexity index is 679. The van der Waals surface area contributed by atoms with Crippen LogP contribution in [0.4, 0.5) is 0 Å². The first-order chi connectivity index (χ1) is 11.0. The van der Waals surface area contributed by atoms with E-state index in [9.17, 15) is 22.6 Å². The van der Waals surface area contributed by atoms with Crippen LogP contribution in [-0.4, -0.2) is 75.9 Å². The number of esters is 2. The van der Waals surface area contributed by atoms with Crippen LogP contribution in [0.1, 0.15) is 51.3 Å². The summed E-state index contributed by atoms with van der Waals surface area (Å²) >= 11 is 0. The predicted octanol–water partition coefficient (Wildman–Crippen LogP) is 2.40. The van der Waals surface area contributed by atoms with E-state index in [1.54, 1.807) is 0 Å². The molecule has 0 spiro atoms. The second-order valence-electron chi connectivity index (χ2n) is 6.21. The molecule has 0 aliphatic heterocycles. The average molecular weight is 401 g/mol. The summed E-state index contributed by atoms with van der Waals surface area (Å²) in [5, 5.41) is 0. The monoisotopic (exact) mass is 400 g/mol. The molecule has 1 aromatic rings. The Labute approximate surface area is 180 Å². The summed E-state index contributed by atoms with van der Waals surface area (Å²) in [7, 11) is -4.59. The second kappa shape index (κ2) is 10.5. The molecule has 1 rings (SSSR count). The van der Waals surface area contributed by atoms with Crippen molar-refractivity contribution in [2.45, 2.75) is 32.6 Å². The maximum absolute atomic E-state index is 12.0. The summed E-state index contributed by atoms with van der Waals surface area (Å²) in [5.41, 5.74) is -0.301. The van der Waals surface area contributed by atoms with Crippen molar-refractivity contribution >= 4 is 59.8 Å². The van der Waals surface area contributed by atoms with Crippen LogP contribution in [0, 0.1) is 11.8 Å². The topological polar surface area (TPSA) is 107 Å². The molecule has 0 fully saturated rings. The van der Waals surface area contributed by atoms with Gasteiger partial charge in [0, 0.05) is 0 Å². The number of carbonyl (C=O) groups is 2. The molecule has 0 atom stereocenters. The average Bonchev–Trinajstić information content (AvgIpc) is 2.48. The number of benzene rings is 1. The van der Waals surface area contributed by atoms with Crippen molar-refractivity contribution in [2.75, 3.05) is 13.2 Å². The minimum Gasteiger partial charge on any atom is -1.00 e. The first kappa shape index (κ1) is 24.3. The Morgan fingerprint density at radius 1 is 0.960 bits per heavy atom. The smallest absolute Gasteiger partial charge is 1.00 e. The molecule has 0 aromatic heterocycles. The molecule has 0 aliphatic rings. The minimum atomic E-state index is -4.59. The normalized spacial score (nSPS) is 11.2. The van der Waals surface area contributed by atoms with Gasteiger partial charge in [-0.15, -0.1) is 0 Å². The SMILES string of the molecule is CC(C)COC(=O)c1cc(C(=O)OCC(C)C)cc(S(=O)(=O)O)c1.[Ca+2].[H-].[H-]. The summed E-state index contributed by atoms with van der Waals surface area (Å²) in [5.74, 6) is -1.39. The third-order valence-electron chi connectivity index (χ3n) is 2.77. The molecular formula is C16H24CaO7S. The van der Waals surface area contributed by atoms with Gasteiger partial charge in [-0.05, 0) is 30.0 Å². The van der Waals surface area contributed by atoms with Crippen LogP contribution in [-0.2, 0) is 19.6 Å². The summed E-state index contributed by atoms with van der Waals surface area (Å²) in [6.45, 7) is 7.66. The third kappa shape index (κ3) is 8.50. The minimum absolute atomic E-state index is 0. The van der Waals surface area contributed by atoms with Crippen molar-refractivity contribution in [1.29, 1.82) is 0 Å². The van der Waals surface area contributed by atoms with E-state index < -0.39 is 27.0 Å². The number of ether oxygens (including phenoxy) is 2. The Morgan fingerprint density at radius 2 is 1.32 bits per heavy atom. The molecular weight excluding hydrogens is 376 g/mol. The summed E-state index contributed by atoms with van der Waals surface area (Å²) in [6.07, 6.45) is 0. The molecule has 138 valence electrons. The summed E-state index contributed by atoms with van der Waals surface area (Å²) in [4.78, 5) is 23.5. The zero-order valence-corrected chi connectivity index (χ0v) is 17.8. The Kier molecular flexibility index (Phi) is 10.2. The number of hydrogen-bond donors (Lipinski definition) is 1. The first-order valence-corrected chi connectivity index (χ1v) is 8.91. The third-order valence-corrected chi connectivity index (χ3v) is 3.60. The van der Waals surface area contributed by atoms with Crippen molar-refractivity contribution in [1.82, 2.24) is 0 Å². The number of rotatable bonds is 7. The maximum atomic E-state index is 12.0. The molecule has 25 heavy (non-hydrogen) atoms. The van der Waals surface area contributed by atoms with E-state index in [2.05, 4.69) is 0 Å². The molecule has 0 unspecified atom stereocenters. The number of carbonyl (C=O) groups excluding carboxylic acids is 2. The van der Waals surface area contributed by atoms with Crippen LogP contribution >= 0.6 is 0 Å². The van der Waals surface area contributed by atoms with Crippen LogP contribution in [0.2, 0.25) is 0 Å². The Balaban J connectivity index is -0.00000192. The van der Waals surface area contributed by atoms with E-state index in [1.807, 2.05) is 27.7 Å². The number of hydrogen-bond acceptors (Lipinski definition) is 6. The fourth-order valence-corrected chi connectivity index (χ4v) is 2.19. The van der Waals surface area contributed by atoms with Gasteiger partial charge in [-0.2, -0.15) is 8.42 Å². The van der Waals surface area contributed by atoms with Crippen LogP contribution in [0.5, 0.6) is 0 Å². The van der Waals surface area contributed by atoms with E-state index in [0.717, 1.165) is 12.1 Å². The molecule has 7 nitrogen and oxygen atoms in total. The van der Waals surface area contributed by atoms with Gasteiger partial charge in [0.2, 0.25) is 0 Å². The van der Waals surface area contributed by atoms with Gasteiger partial charge in [0.15, 0.2) is 0 Å². The molecule has 1 aromatic carbocycles. The van der Waals surface area contributed by atoms with Gasteiger partial charge in [-0.25, -0.2) is 9.59 Å². The Morgan fingerprint density at radius 3 is 1.60 bits per heavy atom. The predicted molar refractivity (Wildman–Crippen MR) is 94.5 cm³/mol. The van der Waals surface area contributed by atoms with Crippen LogP contribution in [0.15, 0.2) is 23.1 Å². The molecule has 0 radical (unpaired) electrons. The first-order valence-electron chi connectivity index (χ1n) is 7.47. The molecule has 1 N–H and O–H groups in total. The van der Waals surface area contributed by atoms with Crippen LogP contribution in [0.3, 0.4) is 0 Å². The molecule has 0 amide bonds. The van der Waals surface area contributed by atoms with Crippen molar-refractivity contribution in [3.63, 3.8) is 0 Å². The largest absolute Gasteiger partial charge is 2.00 e. The summed E-state index contributed by atoms with van der Waals surface area (Å²) in [6, 6.07) is 3.09. The second-order valence-corrected chi connectivity index (χ2v) is 7.63. The van der Waals surface area contributed by atoms with E-state index in [-0.39, 0.29) is 76.8 Å². The molecule has 0 bridgehead atoms. The zero-order valence-electron chi connectivity index (χ0n) is 16.8. The summed E-state index contributed by atoms with van der Waals surface area (Å²) < 4.78 is 42.0. The van der Waals surface area contributed by atoms with Gasteiger partial charge >= 0.3 is 49.7 Å². The van der Waals surface area contributed by atoms with Gasteiger partial charge in [0.05, 0.1) is 29.2 Å². The molecule has 0 aliphatic carbocycles. The van der Waals surface area contributed by atoms with E-state index in [0.29, 0.717) is 0 Å². The fraction of sp³-hybridized carbons (Fsp3) is 0.500. The molecule has 0 saturated heterocycles. The van der Waals surface area contributed by atoms with Crippen molar-refractivity contribution in [2.24, 2.45) is 11.8 Å². The van der Waals surface area contributed by atoms with Crippen molar-refractivity contribution in [3.8, 4) is 0 Å². The van der Waals surface area contributed by atoms with Gasteiger partial charge in [-0.1, -0.05) is 27.7 Å². The molecule has 0 heterocycles. The van der Waals surface area contributed by atoms with E-state index in [1.165, 1.54) is 6.07 Å². The van der Waals surface area contributed by atoms with E-state index in [4.69, 9.17) is 9.47 Å². The van der Waals surface area contributed by atoms with E-state index >= 15 is 0 Å². The quantitative estimate of drug-likeness (QED) is 0.425. The van der Waals surface area contributed by atoms with Crippen LogP contribution in [0.25, 0.3) is 0 Å². The van der Waals surface area contributed by atoms with Gasteiger partial charge in [-0.3, -0.25) is 4.55 Å². The maximum Gasteiger partial charge on any atom is 2.00 e. The Hall–Kier alpha value is -0.670. The van der Waals surface area contributed by atoms with Crippen LogP contribution < -0.4 is 0 Å². The zero-order chi connectivity index (χ0) is 18.5. The van der Waals surface area contributed by atoms with Gasteiger partial charge < -0.3 is 12.3 Å². The standard InChI is InChI=1S/C16H22O7S.Ca.2H/c1-10(2)8-22-15(17)12-5-13(16(18)23-9-11(3)4)7-14(6-12)24(19,20)21;;;/h5-7,10-11H,8-9H2,1-4H3,(H,19,20,21);;;/q;+2;2*-1. The van der Waals surface area contributed by atoms with Gasteiger partial charge in [0.25, 0.3) is 10.1 Å². The van der Waals surface area contributed by atoms with Crippen molar-refractivity contribution < 1.29 is 34.9 Å².